The van der Waals surface area contributed by atoms with Crippen LogP contribution in [0.4, 0.5) is 0 Å². The number of ether oxygens (including phenoxy) is 1. The van der Waals surface area contributed by atoms with Gasteiger partial charge in [-0.25, -0.2) is 0 Å². The molecule has 1 unspecified atom stereocenters. The number of imide groups is 1. The highest BCUT2D eigenvalue weighted by Gasteiger charge is 2.31. The molecule has 106 valence electrons. The second kappa shape index (κ2) is 5.45. The summed E-state index contributed by atoms with van der Waals surface area (Å²) >= 11 is 0. The summed E-state index contributed by atoms with van der Waals surface area (Å²) in [4.78, 5) is 23.8. The van der Waals surface area contributed by atoms with Crippen molar-refractivity contribution in [2.45, 2.75) is 40.2 Å². The number of nitrogens with zero attached hydrogens (tertiary/aromatic N) is 2. The third-order valence-corrected chi connectivity index (χ3v) is 3.10. The van der Waals surface area contributed by atoms with E-state index in [2.05, 4.69) is 5.10 Å². The minimum absolute atomic E-state index is 0.196. The van der Waals surface area contributed by atoms with Crippen LogP contribution in [0.15, 0.2) is 23.3 Å². The summed E-state index contributed by atoms with van der Waals surface area (Å²) < 4.78 is 5.65. The number of amides is 2. The van der Waals surface area contributed by atoms with E-state index in [0.29, 0.717) is 11.5 Å². The first-order chi connectivity index (χ1) is 9.38. The van der Waals surface area contributed by atoms with E-state index in [9.17, 15) is 9.59 Å². The van der Waals surface area contributed by atoms with Crippen molar-refractivity contribution in [3.8, 4) is 5.75 Å². The van der Waals surface area contributed by atoms with Crippen molar-refractivity contribution in [1.29, 1.82) is 0 Å². The predicted octanol–water partition coefficient (Wildman–Crippen LogP) is 2.21. The Kier molecular flexibility index (Phi) is 3.88. The lowest BCUT2D eigenvalue weighted by Crippen LogP contribution is -2.38. The maximum Gasteiger partial charge on any atom is 0.290 e. The summed E-state index contributed by atoms with van der Waals surface area (Å²) in [5, 5.41) is 4.85. The Balaban J connectivity index is 2.10. The molecule has 2 rings (SSSR count). The molecule has 0 spiro atoms. The summed E-state index contributed by atoms with van der Waals surface area (Å²) in [6.07, 6.45) is -0.558. The average Bonchev–Trinajstić information content (AvgIpc) is 2.71. The quantitative estimate of drug-likeness (QED) is 0.849. The van der Waals surface area contributed by atoms with Crippen LogP contribution in [0, 0.1) is 13.8 Å². The Hall–Kier alpha value is -2.17. The van der Waals surface area contributed by atoms with Gasteiger partial charge < -0.3 is 4.74 Å². The Morgan fingerprint density at radius 2 is 2.05 bits per heavy atom. The van der Waals surface area contributed by atoms with E-state index in [1.165, 1.54) is 0 Å². The summed E-state index contributed by atoms with van der Waals surface area (Å²) in [7, 11) is 0. The molecule has 1 aliphatic heterocycles. The van der Waals surface area contributed by atoms with Gasteiger partial charge in [0.1, 0.15) is 5.75 Å². The summed E-state index contributed by atoms with van der Waals surface area (Å²) in [5.41, 5.74) is 2.72. The largest absolute Gasteiger partial charge is 0.481 e. The number of hydrogen-bond donors (Lipinski definition) is 0. The topological polar surface area (TPSA) is 59.0 Å². The van der Waals surface area contributed by atoms with Crippen molar-refractivity contribution in [3.63, 3.8) is 0 Å². The number of benzene rings is 1. The van der Waals surface area contributed by atoms with Crippen molar-refractivity contribution >= 4 is 17.5 Å². The predicted molar refractivity (Wildman–Crippen MR) is 75.6 cm³/mol. The lowest BCUT2D eigenvalue weighted by Gasteiger charge is -2.18. The number of carbonyl (C=O) groups excluding carboxylic acids is 2. The second-order valence-electron chi connectivity index (χ2n) is 5.08. The molecule has 1 aromatic carbocycles. The normalized spacial score (nSPS) is 16.1. The van der Waals surface area contributed by atoms with Crippen LogP contribution in [0.2, 0.25) is 0 Å². The molecule has 0 saturated heterocycles. The molecule has 0 N–H and O–H groups in total. The molecule has 1 heterocycles. The standard InChI is InChI=1S/C15H18N2O3/c1-9-5-6-13(10(2)7-9)20-12(4)15(19)17-14(18)8-11(3)16-17/h5-7,12H,8H2,1-4H3. The highest BCUT2D eigenvalue weighted by atomic mass is 16.5. The molecule has 0 saturated carbocycles. The molecule has 20 heavy (non-hydrogen) atoms. The number of carbonyl (C=O) groups is 2. The first kappa shape index (κ1) is 14.2. The van der Waals surface area contributed by atoms with Gasteiger partial charge in [0.15, 0.2) is 6.10 Å². The molecule has 1 aromatic rings. The van der Waals surface area contributed by atoms with E-state index in [1.807, 2.05) is 32.0 Å². The minimum atomic E-state index is -0.755. The Morgan fingerprint density at radius 1 is 1.35 bits per heavy atom. The lowest BCUT2D eigenvalue weighted by molar-refractivity contribution is -0.147. The van der Waals surface area contributed by atoms with Crippen LogP contribution in [0.5, 0.6) is 5.75 Å². The van der Waals surface area contributed by atoms with Gasteiger partial charge in [-0.2, -0.15) is 10.1 Å². The average molecular weight is 274 g/mol. The molecule has 0 aromatic heterocycles. The molecular formula is C15H18N2O3. The van der Waals surface area contributed by atoms with Crippen LogP contribution in [-0.4, -0.2) is 28.6 Å². The first-order valence-electron chi connectivity index (χ1n) is 6.53. The highest BCUT2D eigenvalue weighted by molar-refractivity contribution is 6.10. The smallest absolute Gasteiger partial charge is 0.290 e. The van der Waals surface area contributed by atoms with Crippen molar-refractivity contribution in [2.75, 3.05) is 0 Å². The van der Waals surface area contributed by atoms with Gasteiger partial charge in [-0.1, -0.05) is 17.7 Å². The number of hydrazone groups is 1. The molecule has 5 nitrogen and oxygen atoms in total. The maximum absolute atomic E-state index is 12.2. The van der Waals surface area contributed by atoms with Crippen molar-refractivity contribution in [1.82, 2.24) is 5.01 Å². The molecule has 5 heteroatoms. The van der Waals surface area contributed by atoms with Crippen molar-refractivity contribution in [2.24, 2.45) is 5.10 Å². The Bertz CT molecular complexity index is 593. The van der Waals surface area contributed by atoms with Gasteiger partial charge in [0.2, 0.25) is 0 Å². The lowest BCUT2D eigenvalue weighted by atomic mass is 10.1. The van der Waals surface area contributed by atoms with Crippen LogP contribution in [0.1, 0.15) is 31.4 Å². The second-order valence-corrected chi connectivity index (χ2v) is 5.08. The highest BCUT2D eigenvalue weighted by Crippen LogP contribution is 2.21. The zero-order chi connectivity index (χ0) is 14.9. The molecule has 1 aliphatic rings. The van der Waals surface area contributed by atoms with Gasteiger partial charge in [-0.05, 0) is 39.3 Å². The Morgan fingerprint density at radius 3 is 2.60 bits per heavy atom. The number of aryl methyl sites for hydroxylation is 2. The molecule has 2 amide bonds. The molecule has 0 fully saturated rings. The third-order valence-electron chi connectivity index (χ3n) is 3.10. The summed E-state index contributed by atoms with van der Waals surface area (Å²) in [6.45, 7) is 7.26. The van der Waals surface area contributed by atoms with E-state index in [4.69, 9.17) is 4.74 Å². The van der Waals surface area contributed by atoms with E-state index < -0.39 is 12.0 Å². The fourth-order valence-corrected chi connectivity index (χ4v) is 2.07. The van der Waals surface area contributed by atoms with Crippen molar-refractivity contribution < 1.29 is 14.3 Å². The fraction of sp³-hybridized carbons (Fsp3) is 0.400. The maximum atomic E-state index is 12.2. The number of rotatable bonds is 3. The molecule has 0 radical (unpaired) electrons. The summed E-state index contributed by atoms with van der Waals surface area (Å²) in [5.74, 6) is -0.0980. The van der Waals surface area contributed by atoms with E-state index in [1.54, 1.807) is 13.8 Å². The van der Waals surface area contributed by atoms with Crippen LogP contribution < -0.4 is 4.74 Å². The molecule has 1 atom stereocenters. The van der Waals surface area contributed by atoms with Crippen LogP contribution in [0.3, 0.4) is 0 Å². The monoisotopic (exact) mass is 274 g/mol. The van der Waals surface area contributed by atoms with Crippen molar-refractivity contribution in [3.05, 3.63) is 29.3 Å². The Labute approximate surface area is 118 Å². The van der Waals surface area contributed by atoms with E-state index in [0.717, 1.165) is 16.1 Å². The molecular weight excluding hydrogens is 256 g/mol. The van der Waals surface area contributed by atoms with Gasteiger partial charge in [-0.15, -0.1) is 0 Å². The first-order valence-corrected chi connectivity index (χ1v) is 6.53. The fourth-order valence-electron chi connectivity index (χ4n) is 2.07. The van der Waals surface area contributed by atoms with Crippen LogP contribution in [0.25, 0.3) is 0 Å². The molecule has 0 bridgehead atoms. The SMILES string of the molecule is CC1=NN(C(=O)C(C)Oc2ccc(C)cc2C)C(=O)C1. The number of hydrogen-bond acceptors (Lipinski definition) is 4. The van der Waals surface area contributed by atoms with Gasteiger partial charge in [0.25, 0.3) is 11.8 Å². The zero-order valence-corrected chi connectivity index (χ0v) is 12.1. The van der Waals surface area contributed by atoms with E-state index >= 15 is 0 Å². The minimum Gasteiger partial charge on any atom is -0.481 e. The van der Waals surface area contributed by atoms with Crippen LogP contribution in [-0.2, 0) is 9.59 Å². The zero-order valence-electron chi connectivity index (χ0n) is 12.1. The van der Waals surface area contributed by atoms with Gasteiger partial charge in [-0.3, -0.25) is 9.59 Å². The van der Waals surface area contributed by atoms with E-state index in [-0.39, 0.29) is 12.3 Å². The van der Waals surface area contributed by atoms with Gasteiger partial charge in [0, 0.05) is 5.71 Å². The van der Waals surface area contributed by atoms with Gasteiger partial charge >= 0.3 is 0 Å². The molecule has 0 aliphatic carbocycles. The van der Waals surface area contributed by atoms with Gasteiger partial charge in [0.05, 0.1) is 6.42 Å². The summed E-state index contributed by atoms with van der Waals surface area (Å²) in [6, 6.07) is 5.73. The third kappa shape index (κ3) is 2.87. The van der Waals surface area contributed by atoms with Crippen LogP contribution >= 0.6 is 0 Å².